The Hall–Kier alpha value is -0.720. The molecule has 0 unspecified atom stereocenters. The quantitative estimate of drug-likeness (QED) is 0.447. The summed E-state index contributed by atoms with van der Waals surface area (Å²) in [6.45, 7) is 0. The van der Waals surface area contributed by atoms with E-state index in [1.54, 1.807) is 0 Å². The second-order valence-corrected chi connectivity index (χ2v) is 2.37. The second kappa shape index (κ2) is 2.91. The summed E-state index contributed by atoms with van der Waals surface area (Å²) in [4.78, 5) is 9.92. The molecule has 0 heterocycles. The highest BCUT2D eigenvalue weighted by Crippen LogP contribution is 2.15. The van der Waals surface area contributed by atoms with Gasteiger partial charge in [-0.25, -0.2) is 13.2 Å². The van der Waals surface area contributed by atoms with E-state index in [0.29, 0.717) is 7.11 Å². The first-order valence-electron chi connectivity index (χ1n) is 2.03. The molecule has 0 spiro atoms. The molecule has 0 aliphatic heterocycles. The summed E-state index contributed by atoms with van der Waals surface area (Å²) < 4.78 is 46.5. The molecule has 0 bridgehead atoms. The predicted octanol–water partition coefficient (Wildman–Crippen LogP) is -0.636. The Morgan fingerprint density at radius 1 is 1.50 bits per heavy atom. The fraction of sp³-hybridized carbons (Fsp3) is 0.667. The van der Waals surface area contributed by atoms with Crippen LogP contribution in [0.1, 0.15) is 0 Å². The lowest BCUT2D eigenvalue weighted by Crippen LogP contribution is -2.31. The van der Waals surface area contributed by atoms with E-state index in [1.807, 2.05) is 0 Å². The molecule has 0 fully saturated rings. The van der Waals surface area contributed by atoms with E-state index in [1.165, 1.54) is 0 Å². The van der Waals surface area contributed by atoms with Gasteiger partial charge in [0.05, 0.1) is 7.11 Å². The van der Waals surface area contributed by atoms with Gasteiger partial charge in [-0.15, -0.1) is 0 Å². The lowest BCUT2D eigenvalue weighted by molar-refractivity contribution is -0.157. The fourth-order valence-corrected chi connectivity index (χ4v) is 0.438. The number of esters is 1. The Kier molecular flexibility index (Phi) is 2.70. The molecule has 60 valence electrons. The van der Waals surface area contributed by atoms with Crippen LogP contribution in [-0.2, 0) is 20.2 Å². The molecule has 0 saturated heterocycles. The molecule has 0 rings (SSSR count). The fourth-order valence-electron chi connectivity index (χ4n) is 0.197. The highest BCUT2D eigenvalue weighted by molar-refractivity contribution is 7.74. The van der Waals surface area contributed by atoms with Gasteiger partial charge < -0.3 is 4.74 Å². The molecular weight excluding hydrogens is 170 g/mol. The van der Waals surface area contributed by atoms with E-state index >= 15 is 0 Å². The van der Waals surface area contributed by atoms with E-state index in [2.05, 4.69) is 4.74 Å². The second-order valence-electron chi connectivity index (χ2n) is 1.29. The van der Waals surface area contributed by atoms with E-state index in [4.69, 9.17) is 0 Å². The number of halogens is 2. The van der Waals surface area contributed by atoms with Crippen LogP contribution < -0.4 is 0 Å². The van der Waals surface area contributed by atoms with Crippen LogP contribution in [0.25, 0.3) is 0 Å². The van der Waals surface area contributed by atoms with Gasteiger partial charge in [-0.3, -0.25) is 0 Å². The Morgan fingerprint density at radius 3 is 2.00 bits per heavy atom. The zero-order chi connectivity index (χ0) is 8.36. The molecule has 0 aliphatic rings. The van der Waals surface area contributed by atoms with Crippen LogP contribution in [0.2, 0.25) is 0 Å². The molecule has 0 aliphatic carbocycles. The maximum absolute atomic E-state index is 11.9. The summed E-state index contributed by atoms with van der Waals surface area (Å²) in [5.74, 6) is -2.07. The standard InChI is InChI=1S/C3H4F2O4S/c1-9-2(6)3(4,5)10(7)8/h10H,1H3. The van der Waals surface area contributed by atoms with E-state index in [-0.39, 0.29) is 0 Å². The molecule has 0 atom stereocenters. The average molecular weight is 174 g/mol. The first kappa shape index (κ1) is 9.28. The third-order valence-corrected chi connectivity index (χ3v) is 1.30. The van der Waals surface area contributed by atoms with Crippen molar-refractivity contribution in [3.63, 3.8) is 0 Å². The third kappa shape index (κ3) is 1.63. The smallest absolute Gasteiger partial charge is 0.437 e. The summed E-state index contributed by atoms with van der Waals surface area (Å²) in [7, 11) is -3.42. The summed E-state index contributed by atoms with van der Waals surface area (Å²) in [6, 6.07) is 0. The molecule has 7 heteroatoms. The molecule has 10 heavy (non-hydrogen) atoms. The van der Waals surface area contributed by atoms with Crippen molar-refractivity contribution in [2.24, 2.45) is 0 Å². The zero-order valence-electron chi connectivity index (χ0n) is 4.84. The number of ether oxygens (including phenoxy) is 1. The summed E-state index contributed by atoms with van der Waals surface area (Å²) in [5, 5.41) is -4.40. The zero-order valence-corrected chi connectivity index (χ0v) is 5.73. The van der Waals surface area contributed by atoms with Crippen molar-refractivity contribution < 1.29 is 26.7 Å². The van der Waals surface area contributed by atoms with Crippen LogP contribution in [0.4, 0.5) is 8.78 Å². The maximum Gasteiger partial charge on any atom is 0.437 e. The van der Waals surface area contributed by atoms with E-state index in [9.17, 15) is 22.0 Å². The van der Waals surface area contributed by atoms with Gasteiger partial charge in [0, 0.05) is 0 Å². The number of methoxy groups -OCH3 is 1. The summed E-state index contributed by atoms with van der Waals surface area (Å²) >= 11 is 0. The number of carbonyl (C=O) groups excluding carboxylic acids is 1. The normalized spacial score (nSPS) is 11.6. The number of hydrogen-bond acceptors (Lipinski definition) is 4. The highest BCUT2D eigenvalue weighted by Gasteiger charge is 2.44. The molecule has 0 radical (unpaired) electrons. The van der Waals surface area contributed by atoms with Crippen molar-refractivity contribution in [1.29, 1.82) is 0 Å². The van der Waals surface area contributed by atoms with Crippen molar-refractivity contribution in [2.45, 2.75) is 5.25 Å². The Bertz CT molecular complexity index is 201. The first-order valence-corrected chi connectivity index (χ1v) is 3.21. The molecule has 0 aromatic carbocycles. The van der Waals surface area contributed by atoms with Crippen LogP contribution in [0.15, 0.2) is 0 Å². The van der Waals surface area contributed by atoms with Crippen LogP contribution in [0.3, 0.4) is 0 Å². The Labute approximate surface area is 56.7 Å². The molecule has 0 amide bonds. The van der Waals surface area contributed by atoms with Gasteiger partial charge in [0.15, 0.2) is 0 Å². The molecular formula is C3H4F2O4S. The van der Waals surface area contributed by atoms with Gasteiger partial charge in [-0.05, 0) is 0 Å². The number of rotatable bonds is 2. The van der Waals surface area contributed by atoms with Crippen molar-refractivity contribution in [3.8, 4) is 0 Å². The molecule has 0 saturated carbocycles. The van der Waals surface area contributed by atoms with Crippen LogP contribution in [-0.4, -0.2) is 26.8 Å². The minimum absolute atomic E-state index is 0.676. The Morgan fingerprint density at radius 2 is 1.90 bits per heavy atom. The molecule has 4 nitrogen and oxygen atoms in total. The topological polar surface area (TPSA) is 60.4 Å². The Balaban J connectivity index is 4.56. The average Bonchev–Trinajstić information content (AvgIpc) is 1.86. The minimum atomic E-state index is -4.40. The maximum atomic E-state index is 11.9. The lowest BCUT2D eigenvalue weighted by atomic mass is 10.7. The molecule has 0 aromatic heterocycles. The number of alkyl halides is 2. The number of thiol groups is 1. The van der Waals surface area contributed by atoms with Crippen molar-refractivity contribution >= 4 is 16.7 Å². The van der Waals surface area contributed by atoms with Crippen LogP contribution >= 0.6 is 0 Å². The molecule has 0 N–H and O–H groups in total. The lowest BCUT2D eigenvalue weighted by Gasteiger charge is -2.03. The minimum Gasteiger partial charge on any atom is -0.464 e. The third-order valence-electron chi connectivity index (χ3n) is 0.660. The first-order chi connectivity index (χ1) is 4.42. The van der Waals surface area contributed by atoms with Crippen molar-refractivity contribution in [1.82, 2.24) is 0 Å². The summed E-state index contributed by atoms with van der Waals surface area (Å²) in [5.41, 5.74) is 0. The van der Waals surface area contributed by atoms with E-state index < -0.39 is 21.9 Å². The highest BCUT2D eigenvalue weighted by atomic mass is 32.2. The number of hydrogen-bond donors (Lipinski definition) is 1. The SMILES string of the molecule is COC(=O)C(F)(F)[SH](=O)=O. The van der Waals surface area contributed by atoms with Crippen LogP contribution in [0, 0.1) is 0 Å². The van der Waals surface area contributed by atoms with E-state index in [0.717, 1.165) is 0 Å². The van der Waals surface area contributed by atoms with Crippen LogP contribution in [0.5, 0.6) is 0 Å². The van der Waals surface area contributed by atoms with Gasteiger partial charge in [0.25, 0.3) is 0 Å². The molecule has 0 aromatic rings. The van der Waals surface area contributed by atoms with Crippen molar-refractivity contribution in [2.75, 3.05) is 7.11 Å². The monoisotopic (exact) mass is 174 g/mol. The number of carbonyl (C=O) groups is 1. The van der Waals surface area contributed by atoms with Gasteiger partial charge >= 0.3 is 11.2 Å². The van der Waals surface area contributed by atoms with Gasteiger partial charge in [0.2, 0.25) is 10.7 Å². The summed E-state index contributed by atoms with van der Waals surface area (Å²) in [6.07, 6.45) is 0. The largest absolute Gasteiger partial charge is 0.464 e. The van der Waals surface area contributed by atoms with Gasteiger partial charge in [0.1, 0.15) is 0 Å². The predicted molar refractivity (Wildman–Crippen MR) is 27.3 cm³/mol. The van der Waals surface area contributed by atoms with Gasteiger partial charge in [-0.2, -0.15) is 8.78 Å². The van der Waals surface area contributed by atoms with Crippen molar-refractivity contribution in [3.05, 3.63) is 0 Å². The van der Waals surface area contributed by atoms with Gasteiger partial charge in [-0.1, -0.05) is 0 Å².